The van der Waals surface area contributed by atoms with Gasteiger partial charge in [-0.05, 0) is 35.6 Å². The van der Waals surface area contributed by atoms with Gasteiger partial charge in [0.2, 0.25) is 0 Å². The molecule has 2 aliphatic rings. The fourth-order valence-electron chi connectivity index (χ4n) is 2.97. The summed E-state index contributed by atoms with van der Waals surface area (Å²) >= 11 is 2.04. The topological polar surface area (TPSA) is 46.2 Å². The van der Waals surface area contributed by atoms with Gasteiger partial charge in [0.1, 0.15) is 0 Å². The monoisotopic (exact) mass is 311 g/mol. The lowest BCUT2D eigenvalue weighted by molar-refractivity contribution is 0.568. The Labute approximate surface area is 125 Å². The summed E-state index contributed by atoms with van der Waals surface area (Å²) in [6, 6.07) is 6.51. The van der Waals surface area contributed by atoms with E-state index in [2.05, 4.69) is 19.2 Å². The number of thioether (sulfide) groups is 1. The van der Waals surface area contributed by atoms with Gasteiger partial charge in [-0.1, -0.05) is 19.9 Å². The number of rotatable bonds is 3. The van der Waals surface area contributed by atoms with E-state index in [9.17, 15) is 8.42 Å². The van der Waals surface area contributed by atoms with Gasteiger partial charge in [-0.15, -0.1) is 0 Å². The van der Waals surface area contributed by atoms with Crippen LogP contribution in [0.2, 0.25) is 0 Å². The van der Waals surface area contributed by atoms with Gasteiger partial charge >= 0.3 is 0 Å². The molecular formula is C15H21NO2S2. The molecule has 3 rings (SSSR count). The third-order valence-electron chi connectivity index (χ3n) is 4.10. The molecule has 2 atom stereocenters. The molecule has 0 bridgehead atoms. The average Bonchev–Trinajstić information content (AvgIpc) is 2.91. The van der Waals surface area contributed by atoms with Crippen LogP contribution in [0.3, 0.4) is 0 Å². The first-order valence-electron chi connectivity index (χ1n) is 7.13. The SMILES string of the molecule is CC(C)C1CC(Nc2ccc3c(c2)CS(=O)(=O)C3)CS1. The van der Waals surface area contributed by atoms with Gasteiger partial charge in [0, 0.05) is 22.7 Å². The van der Waals surface area contributed by atoms with Gasteiger partial charge in [0.25, 0.3) is 0 Å². The van der Waals surface area contributed by atoms with Crippen molar-refractivity contribution < 1.29 is 8.42 Å². The molecule has 0 saturated carbocycles. The van der Waals surface area contributed by atoms with E-state index in [0.29, 0.717) is 6.04 Å². The Morgan fingerprint density at radius 1 is 1.25 bits per heavy atom. The number of anilines is 1. The largest absolute Gasteiger partial charge is 0.381 e. The summed E-state index contributed by atoms with van der Waals surface area (Å²) in [7, 11) is -2.90. The summed E-state index contributed by atoms with van der Waals surface area (Å²) in [4.78, 5) is 0. The molecule has 2 unspecified atom stereocenters. The van der Waals surface area contributed by atoms with Crippen LogP contribution in [0.4, 0.5) is 5.69 Å². The maximum absolute atomic E-state index is 11.6. The number of hydrogen-bond donors (Lipinski definition) is 1. The van der Waals surface area contributed by atoms with Crippen LogP contribution >= 0.6 is 11.8 Å². The molecule has 2 aliphatic heterocycles. The molecule has 0 spiro atoms. The van der Waals surface area contributed by atoms with E-state index in [1.165, 1.54) is 6.42 Å². The van der Waals surface area contributed by atoms with Crippen LogP contribution < -0.4 is 5.32 Å². The van der Waals surface area contributed by atoms with Crippen LogP contribution in [-0.4, -0.2) is 25.5 Å². The van der Waals surface area contributed by atoms with Gasteiger partial charge < -0.3 is 5.32 Å². The van der Waals surface area contributed by atoms with Crippen LogP contribution in [-0.2, 0) is 21.3 Å². The van der Waals surface area contributed by atoms with E-state index in [1.54, 1.807) is 0 Å². The number of sulfone groups is 1. The molecule has 0 aliphatic carbocycles. The Balaban J connectivity index is 1.69. The molecule has 3 nitrogen and oxygen atoms in total. The van der Waals surface area contributed by atoms with Crippen LogP contribution in [0.1, 0.15) is 31.4 Å². The molecule has 110 valence electrons. The highest BCUT2D eigenvalue weighted by Gasteiger charge is 2.28. The van der Waals surface area contributed by atoms with Crippen molar-refractivity contribution in [2.45, 2.75) is 43.1 Å². The van der Waals surface area contributed by atoms with Gasteiger partial charge in [0.05, 0.1) is 11.5 Å². The number of hydrogen-bond acceptors (Lipinski definition) is 4. The normalized spacial score (nSPS) is 27.8. The summed E-state index contributed by atoms with van der Waals surface area (Å²) in [6.45, 7) is 4.56. The van der Waals surface area contributed by atoms with Crippen LogP contribution in [0.15, 0.2) is 18.2 Å². The van der Waals surface area contributed by atoms with Gasteiger partial charge in [-0.3, -0.25) is 0 Å². The van der Waals surface area contributed by atoms with E-state index in [4.69, 9.17) is 0 Å². The van der Waals surface area contributed by atoms with Crippen molar-refractivity contribution in [3.8, 4) is 0 Å². The summed E-state index contributed by atoms with van der Waals surface area (Å²) in [5.41, 5.74) is 3.01. The second-order valence-corrected chi connectivity index (χ2v) is 9.55. The molecule has 0 amide bonds. The third kappa shape index (κ3) is 2.98. The Kier molecular flexibility index (Phi) is 3.75. The molecule has 0 radical (unpaired) electrons. The molecule has 1 saturated heterocycles. The quantitative estimate of drug-likeness (QED) is 0.932. The summed E-state index contributed by atoms with van der Waals surface area (Å²) in [5.74, 6) is 2.26. The van der Waals surface area contributed by atoms with Gasteiger partial charge in [0.15, 0.2) is 9.84 Å². The minimum absolute atomic E-state index is 0.200. The maximum atomic E-state index is 11.6. The van der Waals surface area contributed by atoms with E-state index < -0.39 is 9.84 Å². The summed E-state index contributed by atoms with van der Waals surface area (Å²) in [5, 5.41) is 4.31. The smallest absolute Gasteiger partial charge is 0.158 e. The Morgan fingerprint density at radius 3 is 2.70 bits per heavy atom. The Bertz CT molecular complexity index is 610. The summed E-state index contributed by atoms with van der Waals surface area (Å²) < 4.78 is 23.3. The highest BCUT2D eigenvalue weighted by atomic mass is 32.2. The molecule has 2 heterocycles. The molecule has 1 aromatic rings. The van der Waals surface area contributed by atoms with Gasteiger partial charge in [-0.2, -0.15) is 11.8 Å². The fourth-order valence-corrected chi connectivity index (χ4v) is 6.03. The molecule has 1 N–H and O–H groups in total. The van der Waals surface area contributed by atoms with E-state index >= 15 is 0 Å². The van der Waals surface area contributed by atoms with Crippen molar-refractivity contribution in [2.24, 2.45) is 5.92 Å². The second-order valence-electron chi connectivity index (χ2n) is 6.21. The highest BCUT2D eigenvalue weighted by Crippen LogP contribution is 2.34. The predicted octanol–water partition coefficient (Wildman–Crippen LogP) is 3.06. The third-order valence-corrected chi connectivity index (χ3v) is 7.36. The molecule has 20 heavy (non-hydrogen) atoms. The van der Waals surface area contributed by atoms with Crippen molar-refractivity contribution in [2.75, 3.05) is 11.1 Å². The van der Waals surface area contributed by atoms with Crippen molar-refractivity contribution >= 4 is 27.3 Å². The standard InChI is InChI=1S/C15H21NO2S2/c1-10(2)15-6-14(7-19-15)16-13-4-3-11-8-20(17,18)9-12(11)5-13/h3-5,10,14-16H,6-9H2,1-2H3. The second kappa shape index (κ2) is 5.26. The molecule has 1 fully saturated rings. The van der Waals surface area contributed by atoms with Crippen molar-refractivity contribution in [3.63, 3.8) is 0 Å². The average molecular weight is 311 g/mol. The predicted molar refractivity (Wildman–Crippen MR) is 85.9 cm³/mol. The minimum Gasteiger partial charge on any atom is -0.381 e. The zero-order valence-corrected chi connectivity index (χ0v) is 13.6. The van der Waals surface area contributed by atoms with Crippen molar-refractivity contribution in [3.05, 3.63) is 29.3 Å². The highest BCUT2D eigenvalue weighted by molar-refractivity contribution is 8.00. The lowest BCUT2D eigenvalue weighted by Gasteiger charge is -2.16. The number of fused-ring (bicyclic) bond motifs is 1. The van der Waals surface area contributed by atoms with Crippen LogP contribution in [0.5, 0.6) is 0 Å². The van der Waals surface area contributed by atoms with Crippen molar-refractivity contribution in [1.29, 1.82) is 0 Å². The van der Waals surface area contributed by atoms with Crippen molar-refractivity contribution in [1.82, 2.24) is 0 Å². The Morgan fingerprint density at radius 2 is 2.00 bits per heavy atom. The number of nitrogens with one attached hydrogen (secondary N) is 1. The minimum atomic E-state index is -2.90. The molecule has 1 aromatic carbocycles. The van der Waals surface area contributed by atoms with Crippen LogP contribution in [0, 0.1) is 5.92 Å². The molecular weight excluding hydrogens is 290 g/mol. The lowest BCUT2D eigenvalue weighted by Crippen LogP contribution is -2.20. The maximum Gasteiger partial charge on any atom is 0.158 e. The lowest BCUT2D eigenvalue weighted by atomic mass is 10.0. The van der Waals surface area contributed by atoms with E-state index in [1.807, 2.05) is 30.0 Å². The first kappa shape index (κ1) is 14.3. The first-order valence-corrected chi connectivity index (χ1v) is 10.0. The van der Waals surface area contributed by atoms with Crippen LogP contribution in [0.25, 0.3) is 0 Å². The first-order chi connectivity index (χ1) is 9.43. The zero-order valence-electron chi connectivity index (χ0n) is 11.9. The van der Waals surface area contributed by atoms with Gasteiger partial charge in [-0.25, -0.2) is 8.42 Å². The fraction of sp³-hybridized carbons (Fsp3) is 0.600. The van der Waals surface area contributed by atoms with E-state index in [0.717, 1.165) is 33.7 Å². The Hall–Kier alpha value is -0.680. The zero-order chi connectivity index (χ0) is 14.3. The summed E-state index contributed by atoms with van der Waals surface area (Å²) in [6.07, 6.45) is 1.19. The molecule has 0 aromatic heterocycles. The van der Waals surface area contributed by atoms with E-state index in [-0.39, 0.29) is 11.5 Å². The number of benzene rings is 1. The molecule has 5 heteroatoms.